The van der Waals surface area contributed by atoms with E-state index >= 15 is 0 Å². The number of carboxylic acids is 1. The second-order valence-corrected chi connectivity index (χ2v) is 6.97. The smallest absolute Gasteiger partial charge is 0.318 e. The van der Waals surface area contributed by atoms with Gasteiger partial charge in [0, 0.05) is 16.6 Å². The van der Waals surface area contributed by atoms with Crippen LogP contribution in [-0.4, -0.2) is 28.0 Å². The molecule has 1 fully saturated rings. The van der Waals surface area contributed by atoms with Crippen molar-refractivity contribution in [2.45, 2.75) is 10.6 Å². The molecular formula is C10H9BrINO3S. The largest absolute Gasteiger partial charge is 0.506 e. The van der Waals surface area contributed by atoms with Crippen LogP contribution in [0.15, 0.2) is 16.6 Å². The molecule has 0 amide bonds. The molecule has 2 rings (SSSR count). The SMILES string of the molecule is O=C(O)[C@@H]1CN[C@@H](c2cc(Br)cc(I)c2O)S1. The number of thioether (sulfide) groups is 1. The summed E-state index contributed by atoms with van der Waals surface area (Å²) in [5, 5.41) is 21.4. The average molecular weight is 430 g/mol. The molecule has 0 unspecified atom stereocenters. The van der Waals surface area contributed by atoms with Gasteiger partial charge in [0.05, 0.1) is 8.94 Å². The molecule has 0 saturated carbocycles. The number of aromatic hydroxyl groups is 1. The molecule has 0 aromatic heterocycles. The molecule has 0 aliphatic carbocycles. The lowest BCUT2D eigenvalue weighted by atomic mass is 10.2. The second-order valence-electron chi connectivity index (χ2n) is 3.58. The molecular weight excluding hydrogens is 421 g/mol. The van der Waals surface area contributed by atoms with Gasteiger partial charge in [-0.05, 0) is 34.7 Å². The molecule has 1 aliphatic heterocycles. The van der Waals surface area contributed by atoms with E-state index < -0.39 is 11.2 Å². The Labute approximate surface area is 124 Å². The van der Waals surface area contributed by atoms with E-state index in [-0.39, 0.29) is 11.1 Å². The Kier molecular flexibility index (Phi) is 4.22. The van der Waals surface area contributed by atoms with E-state index in [2.05, 4.69) is 21.2 Å². The van der Waals surface area contributed by atoms with E-state index in [1.807, 2.05) is 34.7 Å². The molecule has 0 radical (unpaired) electrons. The van der Waals surface area contributed by atoms with Gasteiger partial charge in [-0.25, -0.2) is 0 Å². The first-order chi connectivity index (χ1) is 7.99. The number of hydrogen-bond acceptors (Lipinski definition) is 4. The van der Waals surface area contributed by atoms with Crippen molar-refractivity contribution in [1.82, 2.24) is 5.32 Å². The summed E-state index contributed by atoms with van der Waals surface area (Å²) in [5.74, 6) is -0.612. The fourth-order valence-electron chi connectivity index (χ4n) is 1.59. The average Bonchev–Trinajstić information content (AvgIpc) is 2.72. The topological polar surface area (TPSA) is 69.6 Å². The molecule has 1 saturated heterocycles. The second kappa shape index (κ2) is 5.33. The van der Waals surface area contributed by atoms with Gasteiger partial charge in [0.25, 0.3) is 0 Å². The van der Waals surface area contributed by atoms with Gasteiger partial charge in [-0.1, -0.05) is 15.9 Å². The molecule has 1 aromatic carbocycles. The van der Waals surface area contributed by atoms with Crippen LogP contribution in [0.25, 0.3) is 0 Å². The predicted octanol–water partition coefficient (Wildman–Crippen LogP) is 2.55. The third kappa shape index (κ3) is 2.88. The zero-order chi connectivity index (χ0) is 12.6. The van der Waals surface area contributed by atoms with Crippen molar-refractivity contribution in [3.63, 3.8) is 0 Å². The van der Waals surface area contributed by atoms with Crippen LogP contribution in [-0.2, 0) is 4.79 Å². The Hall–Kier alpha value is 0.01000. The van der Waals surface area contributed by atoms with E-state index in [9.17, 15) is 9.90 Å². The third-order valence-corrected chi connectivity index (χ3v) is 5.07. The molecule has 3 N–H and O–H groups in total. The minimum Gasteiger partial charge on any atom is -0.506 e. The van der Waals surface area contributed by atoms with Crippen LogP contribution in [0.5, 0.6) is 5.75 Å². The molecule has 1 aromatic rings. The van der Waals surface area contributed by atoms with E-state index in [0.29, 0.717) is 6.54 Å². The first-order valence-electron chi connectivity index (χ1n) is 4.78. The van der Waals surface area contributed by atoms with Crippen molar-refractivity contribution >= 4 is 56.3 Å². The van der Waals surface area contributed by atoms with Gasteiger partial charge in [-0.2, -0.15) is 0 Å². The van der Waals surface area contributed by atoms with Gasteiger partial charge in [-0.3, -0.25) is 10.1 Å². The summed E-state index contributed by atoms with van der Waals surface area (Å²) in [6, 6.07) is 3.63. The number of halogens is 2. The fraction of sp³-hybridized carbons (Fsp3) is 0.300. The van der Waals surface area contributed by atoms with Gasteiger partial charge in [-0.15, -0.1) is 11.8 Å². The van der Waals surface area contributed by atoms with Crippen LogP contribution in [0.2, 0.25) is 0 Å². The highest BCUT2D eigenvalue weighted by Crippen LogP contribution is 2.41. The lowest BCUT2D eigenvalue weighted by Crippen LogP contribution is -2.21. The predicted molar refractivity (Wildman–Crippen MR) is 78.3 cm³/mol. The Morgan fingerprint density at radius 3 is 2.88 bits per heavy atom. The maximum absolute atomic E-state index is 10.9. The normalized spacial score (nSPS) is 23.9. The van der Waals surface area contributed by atoms with Crippen LogP contribution in [0, 0.1) is 3.57 Å². The number of nitrogens with one attached hydrogen (secondary N) is 1. The number of hydrogen-bond donors (Lipinski definition) is 3. The lowest BCUT2D eigenvalue weighted by Gasteiger charge is -2.13. The third-order valence-electron chi connectivity index (χ3n) is 2.40. The molecule has 0 spiro atoms. The number of phenolic OH excluding ortho intramolecular Hbond substituents is 1. The lowest BCUT2D eigenvalue weighted by molar-refractivity contribution is -0.136. The number of aliphatic carboxylic acids is 1. The molecule has 4 nitrogen and oxygen atoms in total. The quantitative estimate of drug-likeness (QED) is 0.630. The van der Waals surface area contributed by atoms with Crippen LogP contribution in [0.3, 0.4) is 0 Å². The van der Waals surface area contributed by atoms with Crippen molar-refractivity contribution < 1.29 is 15.0 Å². The summed E-state index contributed by atoms with van der Waals surface area (Å²) in [6.45, 7) is 0.410. The van der Waals surface area contributed by atoms with Gasteiger partial charge in [0.15, 0.2) is 0 Å². The number of rotatable bonds is 2. The summed E-state index contributed by atoms with van der Waals surface area (Å²) in [4.78, 5) is 10.9. The highest BCUT2D eigenvalue weighted by Gasteiger charge is 2.32. The molecule has 7 heteroatoms. The summed E-state index contributed by atoms with van der Waals surface area (Å²) in [6.07, 6.45) is 0. The zero-order valence-electron chi connectivity index (χ0n) is 8.48. The Morgan fingerprint density at radius 1 is 1.59 bits per heavy atom. The Bertz CT molecular complexity index is 471. The fourth-order valence-corrected chi connectivity index (χ4v) is 4.30. The number of carboxylic acid groups (broad SMARTS) is 1. The Balaban J connectivity index is 2.27. The van der Waals surface area contributed by atoms with Crippen molar-refractivity contribution in [2.75, 3.05) is 6.54 Å². The van der Waals surface area contributed by atoms with Gasteiger partial charge in [0.2, 0.25) is 0 Å². The van der Waals surface area contributed by atoms with Crippen molar-refractivity contribution in [2.24, 2.45) is 0 Å². The molecule has 17 heavy (non-hydrogen) atoms. The Morgan fingerprint density at radius 2 is 2.29 bits per heavy atom. The van der Waals surface area contributed by atoms with Gasteiger partial charge < -0.3 is 10.2 Å². The van der Waals surface area contributed by atoms with Crippen molar-refractivity contribution in [3.05, 3.63) is 25.7 Å². The van der Waals surface area contributed by atoms with E-state index in [4.69, 9.17) is 5.11 Å². The summed E-state index contributed by atoms with van der Waals surface area (Å²) < 4.78 is 1.61. The van der Waals surface area contributed by atoms with Crippen LogP contribution < -0.4 is 5.32 Å². The molecule has 92 valence electrons. The van der Waals surface area contributed by atoms with E-state index in [0.717, 1.165) is 13.6 Å². The molecule has 2 atom stereocenters. The van der Waals surface area contributed by atoms with Crippen LogP contribution in [0.1, 0.15) is 10.9 Å². The standard InChI is InChI=1S/C10H9BrINO3S/c11-4-1-5(8(14)6(12)2-4)9-13-3-7(17-9)10(15)16/h1-2,7,9,13-14H,3H2,(H,15,16)/t7-,9+/m0/s1. The highest BCUT2D eigenvalue weighted by molar-refractivity contribution is 14.1. The summed E-state index contributed by atoms with van der Waals surface area (Å²) in [7, 11) is 0. The first-order valence-corrected chi connectivity index (χ1v) is 7.60. The first kappa shape index (κ1) is 13.4. The molecule has 0 bridgehead atoms. The van der Waals surface area contributed by atoms with Crippen molar-refractivity contribution in [3.8, 4) is 5.75 Å². The number of benzene rings is 1. The van der Waals surface area contributed by atoms with Crippen LogP contribution >= 0.6 is 50.3 Å². The van der Waals surface area contributed by atoms with Crippen LogP contribution in [0.4, 0.5) is 0 Å². The highest BCUT2D eigenvalue weighted by atomic mass is 127. The van der Waals surface area contributed by atoms with Gasteiger partial charge in [0.1, 0.15) is 11.0 Å². The minimum absolute atomic E-state index is 0.179. The minimum atomic E-state index is -0.825. The maximum Gasteiger partial charge on any atom is 0.318 e. The van der Waals surface area contributed by atoms with E-state index in [1.54, 1.807) is 0 Å². The number of phenols is 1. The maximum atomic E-state index is 10.9. The zero-order valence-corrected chi connectivity index (χ0v) is 13.0. The monoisotopic (exact) mass is 429 g/mol. The van der Waals surface area contributed by atoms with E-state index in [1.165, 1.54) is 11.8 Å². The van der Waals surface area contributed by atoms with Gasteiger partial charge >= 0.3 is 5.97 Å². The number of carbonyl (C=O) groups is 1. The molecule has 1 heterocycles. The summed E-state index contributed by atoms with van der Waals surface area (Å²) in [5.41, 5.74) is 0.720. The van der Waals surface area contributed by atoms with Crippen molar-refractivity contribution in [1.29, 1.82) is 0 Å². The molecule has 1 aliphatic rings. The summed E-state index contributed by atoms with van der Waals surface area (Å²) >= 11 is 6.72.